The van der Waals surface area contributed by atoms with Crippen molar-refractivity contribution in [1.82, 2.24) is 19.5 Å². The Morgan fingerprint density at radius 3 is 2.64 bits per heavy atom. The van der Waals surface area contributed by atoms with E-state index in [1.165, 1.54) is 10.9 Å². The Hall–Kier alpha value is -1.76. The van der Waals surface area contributed by atoms with Crippen molar-refractivity contribution < 1.29 is 20.1 Å². The van der Waals surface area contributed by atoms with Gasteiger partial charge in [0.15, 0.2) is 17.7 Å². The Labute approximate surface area is 183 Å². The topological polar surface area (TPSA) is 163 Å². The molecule has 0 radical (unpaired) electrons. The van der Waals surface area contributed by atoms with E-state index in [-0.39, 0.29) is 41.2 Å². The van der Waals surface area contributed by atoms with Gasteiger partial charge in [0, 0.05) is 12.8 Å². The molecule has 1 fully saturated rings. The monoisotopic (exact) mass is 396 g/mol. The third-order valence-corrected chi connectivity index (χ3v) is 4.28. The van der Waals surface area contributed by atoms with Crippen LogP contribution >= 0.6 is 0 Å². The van der Waals surface area contributed by atoms with E-state index in [0.29, 0.717) is 24.0 Å². The van der Waals surface area contributed by atoms with Crippen LogP contribution in [0.4, 0.5) is 5.82 Å². The number of hydrogen-bond donors (Lipinski definition) is 4. The molecule has 28 heavy (non-hydrogen) atoms. The van der Waals surface area contributed by atoms with Gasteiger partial charge in [-0.15, -0.1) is 0 Å². The molecule has 2 aromatic heterocycles. The molecule has 3 rings (SSSR count). The van der Waals surface area contributed by atoms with Crippen LogP contribution in [0.25, 0.3) is 11.2 Å². The maximum absolute atomic E-state index is 10.2. The first-order valence-electron chi connectivity index (χ1n) is 8.55. The Bertz CT molecular complexity index is 918. The molecule has 0 bridgehead atoms. The van der Waals surface area contributed by atoms with Crippen LogP contribution in [0.5, 0.6) is 0 Å². The quantitative estimate of drug-likeness (QED) is 0.276. The zero-order valence-electron chi connectivity index (χ0n) is 14.5. The summed E-state index contributed by atoms with van der Waals surface area (Å²) in [5, 5.41) is 37.9. The summed E-state index contributed by atoms with van der Waals surface area (Å²) in [6.07, 6.45) is -0.288. The third-order valence-electron chi connectivity index (χ3n) is 4.28. The van der Waals surface area contributed by atoms with Gasteiger partial charge >= 0.3 is 29.6 Å². The van der Waals surface area contributed by atoms with Crippen LogP contribution in [-0.4, -0.2) is 89.3 Å². The fourth-order valence-corrected chi connectivity index (χ4v) is 2.85. The molecule has 10 nitrogen and oxygen atoms in total. The average Bonchev–Trinajstić information content (AvgIpc) is 3.20. The molecular weight excluding hydrogens is 375 g/mol. The van der Waals surface area contributed by atoms with E-state index < -0.39 is 31.1 Å². The second-order valence-corrected chi connectivity index (χ2v) is 6.15. The van der Waals surface area contributed by atoms with Crippen molar-refractivity contribution in [3.05, 3.63) is 12.2 Å². The van der Waals surface area contributed by atoms with Crippen molar-refractivity contribution >= 4 is 46.5 Å². The van der Waals surface area contributed by atoms with Gasteiger partial charge in [-0.05, 0) is 18.8 Å². The van der Waals surface area contributed by atoms with E-state index in [2.05, 4.69) is 32.9 Å². The van der Waals surface area contributed by atoms with E-state index in [4.69, 9.17) is 15.7 Å². The van der Waals surface area contributed by atoms with Crippen molar-refractivity contribution in [1.29, 1.82) is 5.26 Å². The molecule has 0 unspecified atom stereocenters. The SMILES string of the molecule is N#CCCCCC#Cc1nc(N)c2ncn([C@@H]3O[C@H](CO)[C@@H](O)[C@H]3O)c2n1.[NaH]. The van der Waals surface area contributed by atoms with Gasteiger partial charge < -0.3 is 25.8 Å². The van der Waals surface area contributed by atoms with Crippen LogP contribution in [0.15, 0.2) is 6.33 Å². The van der Waals surface area contributed by atoms with Crippen molar-refractivity contribution in [3.63, 3.8) is 0 Å². The number of nitrogen functional groups attached to an aromatic ring is 1. The van der Waals surface area contributed by atoms with Gasteiger partial charge in [0.1, 0.15) is 23.8 Å². The number of aromatic nitrogens is 4. The second kappa shape index (κ2) is 10.1. The number of aliphatic hydroxyl groups excluding tert-OH is 3. The number of aliphatic hydroxyl groups is 3. The number of ether oxygens (including phenoxy) is 1. The van der Waals surface area contributed by atoms with E-state index >= 15 is 0 Å². The fraction of sp³-hybridized carbons (Fsp3) is 0.529. The fourth-order valence-electron chi connectivity index (χ4n) is 2.85. The predicted octanol–water partition coefficient (Wildman–Crippen LogP) is -1.19. The van der Waals surface area contributed by atoms with E-state index in [9.17, 15) is 15.3 Å². The molecule has 1 aliphatic rings. The Kier molecular flexibility index (Phi) is 8.16. The van der Waals surface area contributed by atoms with Crippen LogP contribution < -0.4 is 5.73 Å². The number of fused-ring (bicyclic) bond motifs is 1. The van der Waals surface area contributed by atoms with Gasteiger partial charge in [-0.25, -0.2) is 15.0 Å². The number of rotatable bonds is 5. The van der Waals surface area contributed by atoms with Gasteiger partial charge in [0.25, 0.3) is 0 Å². The Morgan fingerprint density at radius 1 is 1.21 bits per heavy atom. The van der Waals surface area contributed by atoms with E-state index in [1.807, 2.05) is 0 Å². The summed E-state index contributed by atoms with van der Waals surface area (Å²) in [6.45, 7) is -0.430. The summed E-state index contributed by atoms with van der Waals surface area (Å²) < 4.78 is 6.95. The summed E-state index contributed by atoms with van der Waals surface area (Å²) in [6, 6.07) is 2.08. The summed E-state index contributed by atoms with van der Waals surface area (Å²) in [5.74, 6) is 6.12. The number of nitrogens with zero attached hydrogens (tertiary/aromatic N) is 5. The molecule has 4 atom stereocenters. The molecule has 5 N–H and O–H groups in total. The predicted molar refractivity (Wildman–Crippen MR) is 101 cm³/mol. The van der Waals surface area contributed by atoms with Crippen molar-refractivity contribution in [2.75, 3.05) is 12.3 Å². The minimum atomic E-state index is -1.26. The number of unbranched alkanes of at least 4 members (excludes halogenated alkanes) is 3. The Morgan fingerprint density at radius 2 is 1.96 bits per heavy atom. The van der Waals surface area contributed by atoms with Crippen LogP contribution in [0.2, 0.25) is 0 Å². The van der Waals surface area contributed by atoms with Gasteiger partial charge in [0.2, 0.25) is 5.82 Å². The number of nitrogens with two attached hydrogens (primary N) is 1. The standard InChI is InChI=1S/C17H20N6O4.Na.H/c18-7-5-3-1-2-4-6-11-21-15(19)12-16(22-11)23(9-20-12)17-14(26)13(25)10(8-24)27-17;;/h9-10,13-14,17,24-26H,1-3,5,8H2,(H2,19,21,22);;/t10-,13-,14-,17-;;/m1../s1. The maximum atomic E-state index is 10.2. The molecule has 3 heterocycles. The van der Waals surface area contributed by atoms with Crippen LogP contribution in [-0.2, 0) is 4.74 Å². The second-order valence-electron chi connectivity index (χ2n) is 6.15. The number of hydrogen-bond acceptors (Lipinski definition) is 9. The first-order valence-corrected chi connectivity index (χ1v) is 8.55. The minimum absolute atomic E-state index is 0. The van der Waals surface area contributed by atoms with E-state index in [1.54, 1.807) is 0 Å². The van der Waals surface area contributed by atoms with Crippen LogP contribution in [0.1, 0.15) is 37.7 Å². The molecule has 0 saturated carbocycles. The number of imidazole rings is 1. The molecule has 144 valence electrons. The molecule has 0 amide bonds. The van der Waals surface area contributed by atoms with Gasteiger partial charge in [0.05, 0.1) is 19.0 Å². The first-order chi connectivity index (χ1) is 13.1. The Balaban J connectivity index is 0.00000280. The first kappa shape index (κ1) is 22.5. The molecule has 2 aromatic rings. The van der Waals surface area contributed by atoms with E-state index in [0.717, 1.165) is 12.8 Å². The van der Waals surface area contributed by atoms with Crippen molar-refractivity contribution in [2.24, 2.45) is 0 Å². The number of anilines is 1. The summed E-state index contributed by atoms with van der Waals surface area (Å²) >= 11 is 0. The summed E-state index contributed by atoms with van der Waals surface area (Å²) in [5.41, 5.74) is 6.57. The third kappa shape index (κ3) is 4.62. The summed E-state index contributed by atoms with van der Waals surface area (Å²) in [4.78, 5) is 12.6. The molecule has 0 spiro atoms. The normalized spacial score (nSPS) is 23.6. The van der Waals surface area contributed by atoms with Crippen LogP contribution in [0.3, 0.4) is 0 Å². The molecule has 1 aliphatic heterocycles. The van der Waals surface area contributed by atoms with Crippen molar-refractivity contribution in [3.8, 4) is 17.9 Å². The molecule has 11 heteroatoms. The zero-order chi connectivity index (χ0) is 19.4. The van der Waals surface area contributed by atoms with Crippen LogP contribution in [0, 0.1) is 23.2 Å². The van der Waals surface area contributed by atoms with Gasteiger partial charge in [-0.3, -0.25) is 4.57 Å². The molecule has 1 saturated heterocycles. The van der Waals surface area contributed by atoms with Crippen molar-refractivity contribution in [2.45, 2.75) is 50.2 Å². The molecular formula is C17H21N6NaO4. The molecule has 0 aromatic carbocycles. The van der Waals surface area contributed by atoms with Gasteiger partial charge in [-0.1, -0.05) is 5.92 Å². The zero-order valence-corrected chi connectivity index (χ0v) is 14.5. The molecule has 0 aliphatic carbocycles. The average molecular weight is 396 g/mol. The van der Waals surface area contributed by atoms with Gasteiger partial charge in [-0.2, -0.15) is 5.26 Å². The summed E-state index contributed by atoms with van der Waals surface area (Å²) in [7, 11) is 0. The number of nitriles is 1.